The third-order valence-corrected chi connectivity index (χ3v) is 1.84. The molecule has 2 rings (SSSR count). The standard InChI is InChI=1S/C9H11N2.K/c1-7-2-3-8-9(6-7)11-5-4-10-8;/h2-3,6,10-11H,1,4-5H2;/q-1;+1. The second kappa shape index (κ2) is 4.53. The normalized spacial score (nSPS) is 13.3. The van der Waals surface area contributed by atoms with Crippen LogP contribution in [0.4, 0.5) is 11.4 Å². The number of hydrogen-bond acceptors (Lipinski definition) is 2. The summed E-state index contributed by atoms with van der Waals surface area (Å²) in [4.78, 5) is 0. The zero-order valence-corrected chi connectivity index (χ0v) is 10.5. The molecule has 0 amide bonds. The molecule has 1 aromatic carbocycles. The Morgan fingerprint density at radius 2 is 1.75 bits per heavy atom. The van der Waals surface area contributed by atoms with Crippen molar-refractivity contribution < 1.29 is 51.4 Å². The Bertz CT molecular complexity index is 273. The van der Waals surface area contributed by atoms with Crippen LogP contribution in [0.2, 0.25) is 0 Å². The molecular formula is C9H11KN2. The van der Waals surface area contributed by atoms with E-state index < -0.39 is 0 Å². The van der Waals surface area contributed by atoms with Crippen LogP contribution in [0, 0.1) is 6.92 Å². The number of fused-ring (bicyclic) bond motifs is 1. The Labute approximate surface area is 116 Å². The smallest absolute Gasteiger partial charge is 0.392 e. The van der Waals surface area contributed by atoms with Gasteiger partial charge in [0, 0.05) is 24.5 Å². The van der Waals surface area contributed by atoms with Crippen LogP contribution >= 0.6 is 0 Å². The minimum absolute atomic E-state index is 0. The Hall–Kier alpha value is 0.326. The average molecular weight is 186 g/mol. The molecule has 3 heteroatoms. The van der Waals surface area contributed by atoms with Crippen molar-refractivity contribution in [3.05, 3.63) is 30.7 Å². The molecule has 0 atom stereocenters. The molecule has 0 bridgehead atoms. The van der Waals surface area contributed by atoms with Crippen LogP contribution in [0.5, 0.6) is 0 Å². The average Bonchev–Trinajstić information content (AvgIpc) is 2.04. The van der Waals surface area contributed by atoms with Crippen LogP contribution in [-0.4, -0.2) is 13.1 Å². The van der Waals surface area contributed by atoms with Gasteiger partial charge in [0.25, 0.3) is 0 Å². The van der Waals surface area contributed by atoms with Gasteiger partial charge < -0.3 is 10.6 Å². The molecule has 0 radical (unpaired) electrons. The number of rotatable bonds is 0. The Kier molecular flexibility index (Phi) is 3.93. The van der Waals surface area contributed by atoms with Crippen molar-refractivity contribution in [3.63, 3.8) is 0 Å². The fraction of sp³-hybridized carbons (Fsp3) is 0.222. The van der Waals surface area contributed by atoms with Crippen molar-refractivity contribution in [1.29, 1.82) is 0 Å². The molecule has 12 heavy (non-hydrogen) atoms. The summed E-state index contributed by atoms with van der Waals surface area (Å²) in [6, 6.07) is 6.13. The molecule has 58 valence electrons. The Balaban J connectivity index is 0.000000720. The van der Waals surface area contributed by atoms with Crippen molar-refractivity contribution in [2.75, 3.05) is 23.7 Å². The van der Waals surface area contributed by atoms with E-state index in [2.05, 4.69) is 29.7 Å². The van der Waals surface area contributed by atoms with Crippen LogP contribution in [0.25, 0.3) is 0 Å². The first kappa shape index (κ1) is 10.4. The summed E-state index contributed by atoms with van der Waals surface area (Å²) in [5, 5.41) is 6.60. The fourth-order valence-corrected chi connectivity index (χ4v) is 1.29. The second-order valence-corrected chi connectivity index (χ2v) is 2.73. The molecule has 0 spiro atoms. The maximum atomic E-state index is 3.86. The summed E-state index contributed by atoms with van der Waals surface area (Å²) < 4.78 is 0. The molecule has 0 unspecified atom stereocenters. The zero-order chi connectivity index (χ0) is 7.68. The van der Waals surface area contributed by atoms with Crippen LogP contribution in [0.3, 0.4) is 0 Å². The van der Waals surface area contributed by atoms with Crippen molar-refractivity contribution >= 4 is 11.4 Å². The van der Waals surface area contributed by atoms with Gasteiger partial charge in [0.1, 0.15) is 0 Å². The molecule has 0 aromatic heterocycles. The van der Waals surface area contributed by atoms with Gasteiger partial charge >= 0.3 is 51.4 Å². The summed E-state index contributed by atoms with van der Waals surface area (Å²) in [6.45, 7) is 5.86. The topological polar surface area (TPSA) is 24.1 Å². The monoisotopic (exact) mass is 186 g/mol. The molecule has 0 saturated heterocycles. The van der Waals surface area contributed by atoms with E-state index in [0.29, 0.717) is 0 Å². The van der Waals surface area contributed by atoms with Crippen LogP contribution < -0.4 is 62.0 Å². The third-order valence-electron chi connectivity index (χ3n) is 1.84. The van der Waals surface area contributed by atoms with Gasteiger partial charge in [0.05, 0.1) is 0 Å². The van der Waals surface area contributed by atoms with Crippen LogP contribution in [-0.2, 0) is 0 Å². The summed E-state index contributed by atoms with van der Waals surface area (Å²) >= 11 is 0. The van der Waals surface area contributed by atoms with Gasteiger partial charge in [-0.1, -0.05) is 6.07 Å². The van der Waals surface area contributed by atoms with E-state index >= 15 is 0 Å². The van der Waals surface area contributed by atoms with E-state index in [1.807, 2.05) is 6.07 Å². The van der Waals surface area contributed by atoms with E-state index in [1.165, 1.54) is 11.4 Å². The zero-order valence-electron chi connectivity index (χ0n) is 7.35. The van der Waals surface area contributed by atoms with Crippen molar-refractivity contribution in [1.82, 2.24) is 0 Å². The van der Waals surface area contributed by atoms with E-state index in [0.717, 1.165) is 18.7 Å². The molecule has 0 saturated carbocycles. The van der Waals surface area contributed by atoms with Gasteiger partial charge in [0.2, 0.25) is 0 Å². The molecule has 0 fully saturated rings. The van der Waals surface area contributed by atoms with E-state index in [9.17, 15) is 0 Å². The van der Waals surface area contributed by atoms with E-state index in [-0.39, 0.29) is 51.4 Å². The van der Waals surface area contributed by atoms with Gasteiger partial charge in [-0.2, -0.15) is 18.6 Å². The van der Waals surface area contributed by atoms with Crippen LogP contribution in [0.1, 0.15) is 5.56 Å². The van der Waals surface area contributed by atoms with E-state index in [4.69, 9.17) is 0 Å². The minimum Gasteiger partial charge on any atom is -0.392 e. The largest absolute Gasteiger partial charge is 1.00 e. The van der Waals surface area contributed by atoms with Gasteiger partial charge in [-0.3, -0.25) is 0 Å². The summed E-state index contributed by atoms with van der Waals surface area (Å²) in [5.74, 6) is 0. The van der Waals surface area contributed by atoms with Gasteiger partial charge in [-0.15, -0.1) is 6.07 Å². The van der Waals surface area contributed by atoms with Crippen molar-refractivity contribution in [3.8, 4) is 0 Å². The number of nitrogens with one attached hydrogen (secondary N) is 2. The van der Waals surface area contributed by atoms with Crippen molar-refractivity contribution in [2.45, 2.75) is 0 Å². The van der Waals surface area contributed by atoms with Gasteiger partial charge in [-0.05, 0) is 0 Å². The van der Waals surface area contributed by atoms with Gasteiger partial charge in [0.15, 0.2) is 0 Å². The fourth-order valence-electron chi connectivity index (χ4n) is 1.29. The predicted molar refractivity (Wildman–Crippen MR) is 47.9 cm³/mol. The first-order valence-electron chi connectivity index (χ1n) is 3.80. The summed E-state index contributed by atoms with van der Waals surface area (Å²) in [6.07, 6.45) is 0. The quantitative estimate of drug-likeness (QED) is 0.389. The molecule has 1 heterocycles. The minimum atomic E-state index is 0. The number of hydrogen-bond donors (Lipinski definition) is 2. The number of anilines is 2. The molecule has 1 aromatic rings. The molecule has 1 aliphatic heterocycles. The molecule has 1 aliphatic rings. The molecule has 2 nitrogen and oxygen atoms in total. The first-order valence-corrected chi connectivity index (χ1v) is 3.80. The Morgan fingerprint density at radius 3 is 2.50 bits per heavy atom. The second-order valence-electron chi connectivity index (χ2n) is 2.73. The molecule has 2 N–H and O–H groups in total. The van der Waals surface area contributed by atoms with Gasteiger partial charge in [-0.25, -0.2) is 0 Å². The maximum absolute atomic E-state index is 3.86. The Morgan fingerprint density at radius 1 is 1.08 bits per heavy atom. The van der Waals surface area contributed by atoms with Crippen LogP contribution in [0.15, 0.2) is 18.2 Å². The molecular weight excluding hydrogens is 175 g/mol. The van der Waals surface area contributed by atoms with E-state index in [1.54, 1.807) is 0 Å². The molecule has 0 aliphatic carbocycles. The maximum Gasteiger partial charge on any atom is 1.00 e. The number of benzene rings is 1. The van der Waals surface area contributed by atoms with Crippen molar-refractivity contribution in [2.24, 2.45) is 0 Å². The third kappa shape index (κ3) is 2.17. The first-order chi connectivity index (χ1) is 5.36. The SMILES string of the molecule is [CH2-]c1ccc2c(c1)NCCN2.[K+]. The summed E-state index contributed by atoms with van der Waals surface area (Å²) in [5.41, 5.74) is 3.41. The predicted octanol–water partition coefficient (Wildman–Crippen LogP) is -1.29. The summed E-state index contributed by atoms with van der Waals surface area (Å²) in [7, 11) is 0.